The van der Waals surface area contributed by atoms with Crippen LogP contribution < -0.4 is 11.1 Å². The van der Waals surface area contributed by atoms with Crippen molar-refractivity contribution in [2.45, 2.75) is 26.4 Å². The lowest BCUT2D eigenvalue weighted by Crippen LogP contribution is -2.43. The molecule has 1 amide bonds. The highest BCUT2D eigenvalue weighted by Crippen LogP contribution is 2.03. The smallest absolute Gasteiger partial charge is 0.237 e. The number of nitrogens with two attached hydrogens (primary N) is 1. The Hall–Kier alpha value is -1.37. The van der Waals surface area contributed by atoms with Gasteiger partial charge in [0.05, 0.1) is 12.6 Å². The minimum absolute atomic E-state index is 0. The molecule has 2 heterocycles. The summed E-state index contributed by atoms with van der Waals surface area (Å²) in [5.41, 5.74) is 6.52. The average Bonchev–Trinajstić information content (AvgIpc) is 2.78. The zero-order valence-corrected chi connectivity index (χ0v) is 12.9. The number of hydrogen-bond donors (Lipinski definition) is 2. The molecule has 6 nitrogen and oxygen atoms in total. The molecule has 0 aromatic carbocycles. The fraction of sp³-hybridized carbons (Fsp3) is 0.417. The molecular weight excluding hydrogens is 301 g/mol. The van der Waals surface area contributed by atoms with E-state index in [0.29, 0.717) is 12.4 Å². The number of rotatable bonds is 4. The van der Waals surface area contributed by atoms with Crippen LogP contribution in [0.5, 0.6) is 0 Å². The maximum absolute atomic E-state index is 11.7. The van der Waals surface area contributed by atoms with Gasteiger partial charge in [0, 0.05) is 6.20 Å². The fourth-order valence-electron chi connectivity index (χ4n) is 1.60. The minimum atomic E-state index is -0.496. The molecule has 0 aliphatic heterocycles. The van der Waals surface area contributed by atoms with Crippen molar-refractivity contribution in [3.8, 4) is 0 Å². The molecule has 0 bridgehead atoms. The van der Waals surface area contributed by atoms with Crippen LogP contribution in [0, 0.1) is 5.92 Å². The summed E-state index contributed by atoms with van der Waals surface area (Å²) in [4.78, 5) is 11.7. The van der Waals surface area contributed by atoms with Crippen LogP contribution in [0.2, 0.25) is 0 Å². The van der Waals surface area contributed by atoms with Crippen LogP contribution in [0.1, 0.15) is 19.7 Å². The predicted molar refractivity (Wildman–Crippen MR) is 82.1 cm³/mol. The number of pyridine rings is 1. The molecule has 0 aliphatic rings. The van der Waals surface area contributed by atoms with Crippen molar-refractivity contribution in [2.75, 3.05) is 0 Å². The molecule has 0 saturated carbocycles. The van der Waals surface area contributed by atoms with Crippen LogP contribution in [0.25, 0.3) is 5.65 Å². The summed E-state index contributed by atoms with van der Waals surface area (Å²) < 4.78 is 1.83. The molecule has 112 valence electrons. The van der Waals surface area contributed by atoms with Crippen LogP contribution in [0.15, 0.2) is 24.4 Å². The zero-order chi connectivity index (χ0) is 13.1. The highest BCUT2D eigenvalue weighted by molar-refractivity contribution is 5.85. The quantitative estimate of drug-likeness (QED) is 0.886. The lowest BCUT2D eigenvalue weighted by Gasteiger charge is -2.14. The normalized spacial score (nSPS) is 11.6. The Labute approximate surface area is 130 Å². The van der Waals surface area contributed by atoms with Gasteiger partial charge in [0.25, 0.3) is 0 Å². The van der Waals surface area contributed by atoms with E-state index in [0.717, 1.165) is 5.65 Å². The van der Waals surface area contributed by atoms with Gasteiger partial charge in [-0.1, -0.05) is 19.9 Å². The van der Waals surface area contributed by atoms with Crippen LogP contribution in [-0.4, -0.2) is 26.5 Å². The van der Waals surface area contributed by atoms with Gasteiger partial charge in [0.2, 0.25) is 5.91 Å². The van der Waals surface area contributed by atoms with Crippen molar-refractivity contribution in [1.29, 1.82) is 0 Å². The van der Waals surface area contributed by atoms with Gasteiger partial charge in [0.15, 0.2) is 11.5 Å². The van der Waals surface area contributed by atoms with Crippen LogP contribution in [-0.2, 0) is 11.3 Å². The number of nitrogens with zero attached hydrogens (tertiary/aromatic N) is 3. The Bertz CT molecular complexity index is 558. The van der Waals surface area contributed by atoms with Crippen molar-refractivity contribution < 1.29 is 4.79 Å². The van der Waals surface area contributed by atoms with Gasteiger partial charge in [-0.15, -0.1) is 35.0 Å². The van der Waals surface area contributed by atoms with Crippen molar-refractivity contribution >= 4 is 36.4 Å². The van der Waals surface area contributed by atoms with E-state index in [4.69, 9.17) is 5.73 Å². The highest BCUT2D eigenvalue weighted by atomic mass is 35.5. The van der Waals surface area contributed by atoms with Crippen molar-refractivity contribution in [3.63, 3.8) is 0 Å². The summed E-state index contributed by atoms with van der Waals surface area (Å²) in [6, 6.07) is 5.14. The molecule has 2 rings (SSSR count). The standard InChI is InChI=1S/C12H17N5O.2ClH/c1-8(2)11(13)12(18)14-7-10-16-15-9-5-3-4-6-17(9)10;;/h3-6,8,11H,7,13H2,1-2H3,(H,14,18);2*1H/t11-;;/m1../s1. The molecule has 1 atom stereocenters. The lowest BCUT2D eigenvalue weighted by molar-refractivity contribution is -0.123. The molecule has 3 N–H and O–H groups in total. The van der Waals surface area contributed by atoms with Crippen LogP contribution in [0.3, 0.4) is 0 Å². The largest absolute Gasteiger partial charge is 0.347 e. The first-order valence-electron chi connectivity index (χ1n) is 5.91. The fourth-order valence-corrected chi connectivity index (χ4v) is 1.60. The van der Waals surface area contributed by atoms with Gasteiger partial charge in [-0.2, -0.15) is 0 Å². The molecule has 0 radical (unpaired) electrons. The summed E-state index contributed by atoms with van der Waals surface area (Å²) in [5.74, 6) is 0.632. The van der Waals surface area contributed by atoms with Crippen molar-refractivity contribution in [1.82, 2.24) is 19.9 Å². The van der Waals surface area contributed by atoms with E-state index in [1.807, 2.05) is 42.6 Å². The number of fused-ring (bicyclic) bond motifs is 1. The van der Waals surface area contributed by atoms with E-state index in [9.17, 15) is 4.79 Å². The lowest BCUT2D eigenvalue weighted by atomic mass is 10.1. The Morgan fingerprint density at radius 3 is 2.70 bits per heavy atom. The molecule has 0 unspecified atom stereocenters. The van der Waals surface area contributed by atoms with Gasteiger partial charge >= 0.3 is 0 Å². The molecule has 0 fully saturated rings. The summed E-state index contributed by atoms with van der Waals surface area (Å²) in [6.45, 7) is 4.15. The average molecular weight is 320 g/mol. The second-order valence-corrected chi connectivity index (χ2v) is 4.53. The summed E-state index contributed by atoms with van der Waals surface area (Å²) >= 11 is 0. The topological polar surface area (TPSA) is 85.3 Å². The van der Waals surface area contributed by atoms with E-state index in [-0.39, 0.29) is 36.6 Å². The van der Waals surface area contributed by atoms with Gasteiger partial charge in [0.1, 0.15) is 0 Å². The number of aromatic nitrogens is 3. The minimum Gasteiger partial charge on any atom is -0.347 e. The van der Waals surface area contributed by atoms with Crippen LogP contribution >= 0.6 is 24.8 Å². The second-order valence-electron chi connectivity index (χ2n) is 4.53. The summed E-state index contributed by atoms with van der Waals surface area (Å²) in [7, 11) is 0. The van der Waals surface area contributed by atoms with Gasteiger partial charge in [-0.05, 0) is 18.1 Å². The maximum atomic E-state index is 11.7. The first kappa shape index (κ1) is 18.6. The third-order valence-corrected chi connectivity index (χ3v) is 2.83. The van der Waals surface area contributed by atoms with Gasteiger partial charge < -0.3 is 11.1 Å². The van der Waals surface area contributed by atoms with E-state index in [1.54, 1.807) is 0 Å². The number of nitrogens with one attached hydrogen (secondary N) is 1. The zero-order valence-electron chi connectivity index (χ0n) is 11.3. The molecule has 0 saturated heterocycles. The Morgan fingerprint density at radius 1 is 1.35 bits per heavy atom. The molecule has 20 heavy (non-hydrogen) atoms. The molecule has 0 aliphatic carbocycles. The first-order valence-corrected chi connectivity index (χ1v) is 5.91. The van der Waals surface area contributed by atoms with Gasteiger partial charge in [-0.3, -0.25) is 9.20 Å². The van der Waals surface area contributed by atoms with E-state index in [1.165, 1.54) is 0 Å². The number of halogens is 2. The predicted octanol–water partition coefficient (Wildman–Crippen LogP) is 1.17. The molecule has 0 spiro atoms. The van der Waals surface area contributed by atoms with E-state index in [2.05, 4.69) is 15.5 Å². The molecular formula is C12H19Cl2N5O. The third-order valence-electron chi connectivity index (χ3n) is 2.83. The highest BCUT2D eigenvalue weighted by Gasteiger charge is 2.17. The molecule has 8 heteroatoms. The first-order chi connectivity index (χ1) is 8.59. The monoisotopic (exact) mass is 319 g/mol. The third kappa shape index (κ3) is 4.06. The molecule has 2 aromatic heterocycles. The Morgan fingerprint density at radius 2 is 2.05 bits per heavy atom. The summed E-state index contributed by atoms with van der Waals surface area (Å²) in [6.07, 6.45) is 1.86. The number of carbonyl (C=O) groups excluding carboxylic acids is 1. The van der Waals surface area contributed by atoms with E-state index < -0.39 is 6.04 Å². The molecule has 2 aromatic rings. The Kier molecular flexibility index (Phi) is 7.49. The van der Waals surface area contributed by atoms with E-state index >= 15 is 0 Å². The second kappa shape index (κ2) is 8.04. The van der Waals surface area contributed by atoms with Crippen LogP contribution in [0.4, 0.5) is 0 Å². The number of amides is 1. The van der Waals surface area contributed by atoms with Crippen molar-refractivity contribution in [3.05, 3.63) is 30.2 Å². The van der Waals surface area contributed by atoms with Gasteiger partial charge in [-0.25, -0.2) is 0 Å². The Balaban J connectivity index is 0.00000180. The van der Waals surface area contributed by atoms with Crippen molar-refractivity contribution in [2.24, 2.45) is 11.7 Å². The summed E-state index contributed by atoms with van der Waals surface area (Å²) in [5, 5.41) is 10.8. The maximum Gasteiger partial charge on any atom is 0.237 e. The number of carbonyl (C=O) groups is 1. The number of hydrogen-bond acceptors (Lipinski definition) is 4. The SMILES string of the molecule is CC(C)[C@@H](N)C(=O)NCc1nnc2ccccn12.Cl.Cl.